The highest BCUT2D eigenvalue weighted by atomic mass is 16.5. The molecule has 2 amide bonds. The molecule has 0 saturated heterocycles. The Labute approximate surface area is 189 Å². The molecule has 0 radical (unpaired) electrons. The van der Waals surface area contributed by atoms with Gasteiger partial charge >= 0.3 is 0 Å². The number of aliphatic hydroxyl groups is 2. The van der Waals surface area contributed by atoms with Gasteiger partial charge in [-0.1, -0.05) is 18.8 Å². The van der Waals surface area contributed by atoms with Crippen LogP contribution >= 0.6 is 0 Å². The molecule has 0 unspecified atom stereocenters. The van der Waals surface area contributed by atoms with Gasteiger partial charge < -0.3 is 24.7 Å². The molecule has 1 saturated carbocycles. The number of aliphatic hydroxyl groups excluding tert-OH is 1. The van der Waals surface area contributed by atoms with E-state index < -0.39 is 11.6 Å². The van der Waals surface area contributed by atoms with E-state index >= 15 is 0 Å². The van der Waals surface area contributed by atoms with Crippen molar-refractivity contribution in [2.24, 2.45) is 11.8 Å². The molecule has 1 aliphatic carbocycles. The topological polar surface area (TPSA) is 103 Å². The van der Waals surface area contributed by atoms with Gasteiger partial charge in [-0.2, -0.15) is 0 Å². The van der Waals surface area contributed by atoms with E-state index in [4.69, 9.17) is 4.74 Å². The third-order valence-corrected chi connectivity index (χ3v) is 5.79. The van der Waals surface area contributed by atoms with Crippen LogP contribution in [0.5, 0.6) is 5.88 Å². The quantitative estimate of drug-likeness (QED) is 0.665. The molecule has 1 aromatic rings. The number of aromatic nitrogens is 1. The smallest absolute Gasteiger partial charge is 0.259 e. The van der Waals surface area contributed by atoms with Crippen LogP contribution in [-0.2, 0) is 4.79 Å². The molecule has 32 heavy (non-hydrogen) atoms. The first-order valence-electron chi connectivity index (χ1n) is 11.1. The lowest BCUT2D eigenvalue weighted by Gasteiger charge is -2.37. The van der Waals surface area contributed by atoms with E-state index in [9.17, 15) is 19.8 Å². The van der Waals surface area contributed by atoms with Crippen LogP contribution in [0.2, 0.25) is 0 Å². The number of pyridine rings is 1. The van der Waals surface area contributed by atoms with E-state index in [-0.39, 0.29) is 47.8 Å². The minimum absolute atomic E-state index is 0.0907. The SMILES string of the molecule is C[C@H]1CN([C@@H](C)CO)C(=O)c2cc(C#CC(C)(C)O)cnc2O[C@H]1CN(C)C(=O)C1CC1. The monoisotopic (exact) mass is 443 g/mol. The van der Waals surface area contributed by atoms with Gasteiger partial charge in [0.25, 0.3) is 5.91 Å². The summed E-state index contributed by atoms with van der Waals surface area (Å²) in [6.07, 6.45) is 3.00. The summed E-state index contributed by atoms with van der Waals surface area (Å²) in [5, 5.41) is 19.6. The first-order valence-corrected chi connectivity index (χ1v) is 11.1. The van der Waals surface area contributed by atoms with Crippen molar-refractivity contribution in [3.8, 4) is 17.7 Å². The second kappa shape index (κ2) is 9.47. The molecule has 3 atom stereocenters. The van der Waals surface area contributed by atoms with Crippen LogP contribution < -0.4 is 4.74 Å². The number of nitrogens with zero attached hydrogens (tertiary/aromatic N) is 3. The van der Waals surface area contributed by atoms with E-state index in [0.717, 1.165) is 12.8 Å². The minimum atomic E-state index is -1.18. The Bertz CT molecular complexity index is 926. The van der Waals surface area contributed by atoms with Gasteiger partial charge in [0, 0.05) is 37.2 Å². The Hall–Kier alpha value is -2.63. The Morgan fingerprint density at radius 2 is 2.12 bits per heavy atom. The van der Waals surface area contributed by atoms with Gasteiger partial charge in [0.1, 0.15) is 17.3 Å². The predicted molar refractivity (Wildman–Crippen MR) is 119 cm³/mol. The Kier molecular flexibility index (Phi) is 7.11. The third kappa shape index (κ3) is 5.78. The summed E-state index contributed by atoms with van der Waals surface area (Å²) in [4.78, 5) is 33.5. The molecule has 0 aromatic carbocycles. The number of ether oxygens (including phenoxy) is 1. The Morgan fingerprint density at radius 3 is 2.72 bits per heavy atom. The van der Waals surface area contributed by atoms with Gasteiger partial charge in [-0.15, -0.1) is 0 Å². The summed E-state index contributed by atoms with van der Waals surface area (Å²) in [5.74, 6) is 5.58. The number of carbonyl (C=O) groups is 2. The average molecular weight is 444 g/mol. The molecule has 8 nitrogen and oxygen atoms in total. The molecular formula is C24H33N3O5. The highest BCUT2D eigenvalue weighted by Gasteiger charge is 2.37. The second-order valence-electron chi connectivity index (χ2n) is 9.50. The Balaban J connectivity index is 1.96. The van der Waals surface area contributed by atoms with Crippen LogP contribution in [0.3, 0.4) is 0 Å². The number of carbonyl (C=O) groups excluding carboxylic acids is 2. The molecule has 3 rings (SSSR count). The van der Waals surface area contributed by atoms with Gasteiger partial charge in [-0.25, -0.2) is 4.98 Å². The summed E-state index contributed by atoms with van der Waals surface area (Å²) >= 11 is 0. The summed E-state index contributed by atoms with van der Waals surface area (Å²) in [5.41, 5.74) is -0.451. The van der Waals surface area contributed by atoms with Crippen molar-refractivity contribution in [3.05, 3.63) is 23.4 Å². The number of hydrogen-bond donors (Lipinski definition) is 2. The van der Waals surface area contributed by atoms with Crippen molar-refractivity contribution >= 4 is 11.8 Å². The fourth-order valence-electron chi connectivity index (χ4n) is 3.62. The molecule has 2 heterocycles. The van der Waals surface area contributed by atoms with E-state index in [2.05, 4.69) is 16.8 Å². The van der Waals surface area contributed by atoms with Crippen LogP contribution in [-0.4, -0.2) is 81.3 Å². The fraction of sp³-hybridized carbons (Fsp3) is 0.625. The lowest BCUT2D eigenvalue weighted by molar-refractivity contribution is -0.132. The standard InChI is InChI=1S/C24H33N3O5/c1-15-12-27(16(2)14-28)23(30)19-10-17(8-9-24(3,4)31)11-25-21(19)32-20(15)13-26(5)22(29)18-6-7-18/h10-11,15-16,18,20,28,31H,6-7,12-14H2,1-5H3/t15-,16-,20-/m0/s1. The molecule has 1 fully saturated rings. The van der Waals surface area contributed by atoms with E-state index in [0.29, 0.717) is 18.7 Å². The number of likely N-dealkylation sites (N-methyl/N-ethyl adjacent to an activating group) is 1. The molecular weight excluding hydrogens is 410 g/mol. The summed E-state index contributed by atoms with van der Waals surface area (Å²) in [7, 11) is 1.78. The van der Waals surface area contributed by atoms with E-state index in [1.807, 2.05) is 6.92 Å². The van der Waals surface area contributed by atoms with Gasteiger partial charge in [0.05, 0.1) is 19.2 Å². The molecule has 1 aromatic heterocycles. The number of hydrogen-bond acceptors (Lipinski definition) is 6. The van der Waals surface area contributed by atoms with Crippen molar-refractivity contribution in [2.75, 3.05) is 26.7 Å². The van der Waals surface area contributed by atoms with E-state index in [1.165, 1.54) is 6.20 Å². The van der Waals surface area contributed by atoms with E-state index in [1.54, 1.807) is 43.7 Å². The lowest BCUT2D eigenvalue weighted by Crippen LogP contribution is -2.50. The molecule has 174 valence electrons. The Morgan fingerprint density at radius 1 is 1.44 bits per heavy atom. The van der Waals surface area contributed by atoms with Gasteiger partial charge in [0.2, 0.25) is 11.8 Å². The van der Waals surface area contributed by atoms with Crippen molar-refractivity contribution < 1.29 is 24.5 Å². The predicted octanol–water partition coefficient (Wildman–Crippen LogP) is 1.29. The van der Waals surface area contributed by atoms with Crippen LogP contribution in [0.25, 0.3) is 0 Å². The maximum Gasteiger partial charge on any atom is 0.259 e. The lowest BCUT2D eigenvalue weighted by atomic mass is 9.99. The first kappa shape index (κ1) is 24.0. The zero-order valence-corrected chi connectivity index (χ0v) is 19.5. The molecule has 2 aliphatic rings. The highest BCUT2D eigenvalue weighted by Crippen LogP contribution is 2.32. The van der Waals surface area contributed by atoms with Crippen molar-refractivity contribution in [1.29, 1.82) is 0 Å². The molecule has 0 spiro atoms. The zero-order chi connectivity index (χ0) is 23.6. The van der Waals surface area contributed by atoms with Crippen molar-refractivity contribution in [3.63, 3.8) is 0 Å². The summed E-state index contributed by atoms with van der Waals surface area (Å²) in [6.45, 7) is 7.49. The normalized spacial score (nSPS) is 22.0. The van der Waals surface area contributed by atoms with Crippen LogP contribution in [0.4, 0.5) is 0 Å². The highest BCUT2D eigenvalue weighted by molar-refractivity contribution is 5.97. The molecule has 8 heteroatoms. The van der Waals surface area contributed by atoms with Gasteiger partial charge in [-0.3, -0.25) is 9.59 Å². The fourth-order valence-corrected chi connectivity index (χ4v) is 3.62. The third-order valence-electron chi connectivity index (χ3n) is 5.79. The van der Waals surface area contributed by atoms with Gasteiger partial charge in [0.15, 0.2) is 0 Å². The summed E-state index contributed by atoms with van der Waals surface area (Å²) < 4.78 is 6.19. The van der Waals surface area contributed by atoms with Crippen LogP contribution in [0.15, 0.2) is 12.3 Å². The minimum Gasteiger partial charge on any atom is -0.472 e. The first-order chi connectivity index (χ1) is 15.0. The average Bonchev–Trinajstić information content (AvgIpc) is 3.58. The van der Waals surface area contributed by atoms with Gasteiger partial charge in [-0.05, 0) is 39.7 Å². The molecule has 0 bridgehead atoms. The second-order valence-corrected chi connectivity index (χ2v) is 9.50. The number of fused-ring (bicyclic) bond motifs is 1. The van der Waals surface area contributed by atoms with Crippen molar-refractivity contribution in [1.82, 2.24) is 14.8 Å². The summed E-state index contributed by atoms with van der Waals surface area (Å²) in [6, 6.07) is 1.21. The van der Waals surface area contributed by atoms with Crippen LogP contribution in [0.1, 0.15) is 56.5 Å². The number of rotatable bonds is 5. The largest absolute Gasteiger partial charge is 0.472 e. The maximum atomic E-state index is 13.4. The van der Waals surface area contributed by atoms with Crippen molar-refractivity contribution in [2.45, 2.75) is 58.3 Å². The maximum absolute atomic E-state index is 13.4. The molecule has 1 aliphatic heterocycles. The van der Waals surface area contributed by atoms with Crippen LogP contribution in [0, 0.1) is 23.7 Å². The zero-order valence-electron chi connectivity index (χ0n) is 19.5. The number of amides is 2. The molecule has 2 N–H and O–H groups in total.